The lowest BCUT2D eigenvalue weighted by Gasteiger charge is -2.36. The molecule has 1 aliphatic carbocycles. The van der Waals surface area contributed by atoms with Crippen LogP contribution in [-0.4, -0.2) is 56.2 Å². The summed E-state index contributed by atoms with van der Waals surface area (Å²) in [5.74, 6) is 1.15. The van der Waals surface area contributed by atoms with Crippen LogP contribution in [0.4, 0.5) is 0 Å². The van der Waals surface area contributed by atoms with Gasteiger partial charge in [0.15, 0.2) is 0 Å². The summed E-state index contributed by atoms with van der Waals surface area (Å²) in [5, 5.41) is 10.7. The van der Waals surface area contributed by atoms with Gasteiger partial charge in [0.2, 0.25) is 0 Å². The summed E-state index contributed by atoms with van der Waals surface area (Å²) in [6.45, 7) is 2.08. The van der Waals surface area contributed by atoms with Gasteiger partial charge in [0.1, 0.15) is 9.84 Å². The molecule has 0 spiro atoms. The second-order valence-electron chi connectivity index (χ2n) is 6.54. The van der Waals surface area contributed by atoms with Crippen molar-refractivity contribution in [1.29, 1.82) is 0 Å². The Balaban J connectivity index is 2.05. The van der Waals surface area contributed by atoms with E-state index >= 15 is 0 Å². The fourth-order valence-corrected chi connectivity index (χ4v) is 4.43. The van der Waals surface area contributed by atoms with Crippen LogP contribution in [-0.2, 0) is 9.84 Å². The molecule has 1 saturated carbocycles. The number of nitrogens with zero attached hydrogens (tertiary/aromatic N) is 1. The minimum Gasteiger partial charge on any atom is -0.390 e. The van der Waals surface area contributed by atoms with Gasteiger partial charge in [-0.2, -0.15) is 0 Å². The molecule has 2 bridgehead atoms. The Kier molecular flexibility index (Phi) is 4.04. The molecule has 0 aromatic rings. The average Bonchev–Trinajstić information content (AvgIpc) is 2.44. The summed E-state index contributed by atoms with van der Waals surface area (Å²) in [6.07, 6.45) is 5.54. The molecule has 0 amide bonds. The van der Waals surface area contributed by atoms with Crippen LogP contribution < -0.4 is 0 Å². The second-order valence-corrected chi connectivity index (χ2v) is 8.80. The number of hydrogen-bond donors (Lipinski definition) is 1. The van der Waals surface area contributed by atoms with Crippen molar-refractivity contribution in [3.05, 3.63) is 0 Å². The molecule has 1 N–H and O–H groups in total. The van der Waals surface area contributed by atoms with E-state index in [0.717, 1.165) is 25.9 Å². The lowest BCUT2D eigenvalue weighted by Crippen LogP contribution is -2.41. The van der Waals surface area contributed by atoms with Crippen LogP contribution in [0, 0.1) is 11.8 Å². The van der Waals surface area contributed by atoms with Crippen LogP contribution in [0.25, 0.3) is 0 Å². The first-order valence-electron chi connectivity index (χ1n) is 6.84. The monoisotopic (exact) mass is 275 g/mol. The SMILES string of the molecule is CN1CC2CCC(C1)CC(O)(CCS(C)(=O)=O)C2. The summed E-state index contributed by atoms with van der Waals surface area (Å²) in [4.78, 5) is 2.36. The van der Waals surface area contributed by atoms with Gasteiger partial charge in [0.25, 0.3) is 0 Å². The van der Waals surface area contributed by atoms with Gasteiger partial charge < -0.3 is 10.0 Å². The number of likely N-dealkylation sites (tertiary alicyclic amines) is 1. The number of fused-ring (bicyclic) bond motifs is 3. The molecule has 2 aliphatic rings. The van der Waals surface area contributed by atoms with Crippen molar-refractivity contribution in [3.63, 3.8) is 0 Å². The molecule has 2 atom stereocenters. The van der Waals surface area contributed by atoms with Crippen LogP contribution in [0.2, 0.25) is 0 Å². The zero-order valence-electron chi connectivity index (χ0n) is 11.4. The van der Waals surface area contributed by atoms with Crippen molar-refractivity contribution in [2.24, 2.45) is 11.8 Å². The Morgan fingerprint density at radius 1 is 1.22 bits per heavy atom. The minimum atomic E-state index is -2.98. The standard InChI is InChI=1S/C13H25NO3S/c1-14-9-11-3-4-12(10-14)8-13(15,7-11)5-6-18(2,16)17/h11-12,15H,3-10H2,1-2H3. The van der Waals surface area contributed by atoms with E-state index in [-0.39, 0.29) is 5.75 Å². The van der Waals surface area contributed by atoms with E-state index in [2.05, 4.69) is 11.9 Å². The fraction of sp³-hybridized carbons (Fsp3) is 1.00. The van der Waals surface area contributed by atoms with Crippen molar-refractivity contribution in [2.45, 2.75) is 37.7 Å². The van der Waals surface area contributed by atoms with Crippen molar-refractivity contribution < 1.29 is 13.5 Å². The van der Waals surface area contributed by atoms with Crippen molar-refractivity contribution in [2.75, 3.05) is 32.1 Å². The smallest absolute Gasteiger partial charge is 0.147 e. The van der Waals surface area contributed by atoms with E-state index in [1.165, 1.54) is 19.1 Å². The number of rotatable bonds is 3. The maximum atomic E-state index is 11.3. The normalized spacial score (nSPS) is 38.4. The summed E-state index contributed by atoms with van der Waals surface area (Å²) in [7, 11) is -0.833. The van der Waals surface area contributed by atoms with Gasteiger partial charge in [0.05, 0.1) is 11.4 Å². The van der Waals surface area contributed by atoms with Crippen LogP contribution in [0.15, 0.2) is 0 Å². The predicted molar refractivity (Wildman–Crippen MR) is 72.2 cm³/mol. The summed E-state index contributed by atoms with van der Waals surface area (Å²) in [6, 6.07) is 0. The highest BCUT2D eigenvalue weighted by molar-refractivity contribution is 7.90. The topological polar surface area (TPSA) is 57.6 Å². The molecule has 0 aromatic heterocycles. The average molecular weight is 275 g/mol. The maximum Gasteiger partial charge on any atom is 0.147 e. The predicted octanol–water partition coefficient (Wildman–Crippen LogP) is 0.904. The second kappa shape index (κ2) is 5.10. The highest BCUT2D eigenvalue weighted by atomic mass is 32.2. The van der Waals surface area contributed by atoms with Gasteiger partial charge >= 0.3 is 0 Å². The van der Waals surface area contributed by atoms with Crippen LogP contribution in [0.3, 0.4) is 0 Å². The zero-order valence-corrected chi connectivity index (χ0v) is 12.2. The van der Waals surface area contributed by atoms with E-state index in [1.54, 1.807) is 0 Å². The quantitative estimate of drug-likeness (QED) is 0.831. The summed E-state index contributed by atoms with van der Waals surface area (Å²) in [5.41, 5.74) is -0.754. The molecule has 2 fully saturated rings. The van der Waals surface area contributed by atoms with Crippen LogP contribution in [0.5, 0.6) is 0 Å². The van der Waals surface area contributed by atoms with E-state index in [4.69, 9.17) is 0 Å². The number of hydrogen-bond acceptors (Lipinski definition) is 4. The lowest BCUT2D eigenvalue weighted by molar-refractivity contribution is -0.0150. The van der Waals surface area contributed by atoms with Crippen molar-refractivity contribution in [3.8, 4) is 0 Å². The first-order valence-corrected chi connectivity index (χ1v) is 8.90. The van der Waals surface area contributed by atoms with E-state index < -0.39 is 15.4 Å². The molecule has 4 nitrogen and oxygen atoms in total. The fourth-order valence-electron chi connectivity index (χ4n) is 3.68. The maximum absolute atomic E-state index is 11.3. The molecule has 2 rings (SSSR count). The van der Waals surface area contributed by atoms with Gasteiger partial charge in [-0.15, -0.1) is 0 Å². The Morgan fingerprint density at radius 2 is 1.72 bits per heavy atom. The van der Waals surface area contributed by atoms with Crippen LogP contribution in [0.1, 0.15) is 32.1 Å². The Labute approximate surface area is 110 Å². The van der Waals surface area contributed by atoms with Gasteiger partial charge in [-0.1, -0.05) is 0 Å². The number of aliphatic hydroxyl groups is 1. The van der Waals surface area contributed by atoms with Gasteiger partial charge in [-0.25, -0.2) is 8.42 Å². The molecule has 18 heavy (non-hydrogen) atoms. The first-order chi connectivity index (χ1) is 8.26. The van der Waals surface area contributed by atoms with E-state index in [0.29, 0.717) is 18.3 Å². The Hall–Kier alpha value is -0.130. The molecule has 1 aliphatic heterocycles. The van der Waals surface area contributed by atoms with Crippen LogP contribution >= 0.6 is 0 Å². The molecular weight excluding hydrogens is 250 g/mol. The molecule has 0 radical (unpaired) electrons. The molecule has 1 heterocycles. The first kappa shape index (κ1) is 14.3. The number of sulfone groups is 1. The molecular formula is C13H25NO3S. The third kappa shape index (κ3) is 3.93. The van der Waals surface area contributed by atoms with Gasteiger partial charge in [-0.05, 0) is 51.0 Å². The van der Waals surface area contributed by atoms with Gasteiger partial charge in [-0.3, -0.25) is 0 Å². The summed E-state index contributed by atoms with van der Waals surface area (Å²) >= 11 is 0. The van der Waals surface area contributed by atoms with Gasteiger partial charge in [0, 0.05) is 19.3 Å². The molecule has 5 heteroatoms. The third-order valence-corrected chi connectivity index (χ3v) is 5.34. The van der Waals surface area contributed by atoms with E-state index in [1.807, 2.05) is 0 Å². The Bertz CT molecular complexity index is 377. The van der Waals surface area contributed by atoms with Crippen molar-refractivity contribution in [1.82, 2.24) is 4.90 Å². The Morgan fingerprint density at radius 3 is 2.17 bits per heavy atom. The minimum absolute atomic E-state index is 0.110. The van der Waals surface area contributed by atoms with Crippen molar-refractivity contribution >= 4 is 9.84 Å². The molecule has 106 valence electrons. The zero-order chi connectivity index (χ0) is 13.4. The highest BCUT2D eigenvalue weighted by Crippen LogP contribution is 2.39. The molecule has 2 unspecified atom stereocenters. The third-order valence-electron chi connectivity index (χ3n) is 4.40. The summed E-state index contributed by atoms with van der Waals surface area (Å²) < 4.78 is 22.6. The largest absolute Gasteiger partial charge is 0.390 e. The lowest BCUT2D eigenvalue weighted by atomic mass is 9.83. The molecule has 0 aromatic carbocycles. The molecule has 1 saturated heterocycles. The highest BCUT2D eigenvalue weighted by Gasteiger charge is 2.39. The van der Waals surface area contributed by atoms with E-state index in [9.17, 15) is 13.5 Å².